The summed E-state index contributed by atoms with van der Waals surface area (Å²) in [5.41, 5.74) is 9.46. The molecule has 0 atom stereocenters. The minimum Gasteiger partial charge on any atom is -0.309 e. The summed E-state index contributed by atoms with van der Waals surface area (Å²) in [6.07, 6.45) is 2.02. The van der Waals surface area contributed by atoms with E-state index in [1.165, 1.54) is 60.0 Å². The van der Waals surface area contributed by atoms with E-state index in [1.54, 1.807) is 0 Å². The molecular weight excluding hydrogens is 520 g/mol. The number of para-hydroxylation sites is 3. The Morgan fingerprint density at radius 3 is 1.44 bits per heavy atom. The summed E-state index contributed by atoms with van der Waals surface area (Å²) >= 11 is 0. The van der Waals surface area contributed by atoms with Crippen LogP contribution < -0.4 is 0 Å². The van der Waals surface area contributed by atoms with Gasteiger partial charge in [0.2, 0.25) is 0 Å². The maximum atomic E-state index is 4.83. The first-order valence-electron chi connectivity index (χ1n) is 14.7. The zero-order valence-corrected chi connectivity index (χ0v) is 23.4. The molecule has 9 rings (SSSR count). The van der Waals surface area contributed by atoms with Crippen LogP contribution in [-0.4, -0.2) is 9.55 Å². The van der Waals surface area contributed by atoms with Crippen molar-refractivity contribution in [3.05, 3.63) is 158 Å². The molecular formula is C41H26N2. The molecule has 0 spiro atoms. The number of pyridine rings is 1. The summed E-state index contributed by atoms with van der Waals surface area (Å²) in [6, 6.07) is 54.7. The molecule has 7 aromatic carbocycles. The molecule has 0 aliphatic carbocycles. The van der Waals surface area contributed by atoms with Crippen molar-refractivity contribution in [1.82, 2.24) is 9.55 Å². The molecule has 0 saturated carbocycles. The van der Waals surface area contributed by atoms with Gasteiger partial charge in [-0.25, -0.2) is 0 Å². The van der Waals surface area contributed by atoms with Gasteiger partial charge in [0, 0.05) is 33.6 Å². The predicted molar refractivity (Wildman–Crippen MR) is 182 cm³/mol. The van der Waals surface area contributed by atoms with Gasteiger partial charge in [0.15, 0.2) is 0 Å². The van der Waals surface area contributed by atoms with Crippen molar-refractivity contribution in [2.24, 2.45) is 0 Å². The van der Waals surface area contributed by atoms with E-state index in [9.17, 15) is 0 Å². The predicted octanol–water partition coefficient (Wildman–Crippen LogP) is 11.0. The number of rotatable bonds is 3. The average molecular weight is 547 g/mol. The third-order valence-electron chi connectivity index (χ3n) is 8.80. The molecule has 0 radical (unpaired) electrons. The molecule has 9 aromatic rings. The van der Waals surface area contributed by atoms with Crippen molar-refractivity contribution in [3.8, 4) is 27.9 Å². The van der Waals surface area contributed by atoms with Gasteiger partial charge in [0.1, 0.15) is 0 Å². The van der Waals surface area contributed by atoms with Gasteiger partial charge >= 0.3 is 0 Å². The molecule has 0 bridgehead atoms. The lowest BCUT2D eigenvalue weighted by Gasteiger charge is -2.18. The highest BCUT2D eigenvalue weighted by Gasteiger charge is 2.18. The molecule has 2 nitrogen and oxygen atoms in total. The maximum Gasteiger partial charge on any atom is 0.0702 e. The van der Waals surface area contributed by atoms with E-state index in [0.29, 0.717) is 0 Å². The van der Waals surface area contributed by atoms with E-state index in [0.717, 1.165) is 22.2 Å². The van der Waals surface area contributed by atoms with Crippen LogP contribution in [0.5, 0.6) is 0 Å². The standard InChI is InChI=1S/C41H26N2/c1-8-18-37-28(11-1)25-29(26-42-37)41-35-16-4-2-14-33(35)40(34-15-3-5-17-36(34)41)27-21-23-30(24-22-27)43-38-19-9-6-12-31(38)32-13-7-10-20-39(32)43/h1-26H. The summed E-state index contributed by atoms with van der Waals surface area (Å²) in [6.45, 7) is 0. The molecule has 200 valence electrons. The Bertz CT molecular complexity index is 2390. The highest BCUT2D eigenvalue weighted by Crippen LogP contribution is 2.44. The number of fused-ring (bicyclic) bond motifs is 6. The Kier molecular flexibility index (Phi) is 5.23. The van der Waals surface area contributed by atoms with Crippen molar-refractivity contribution < 1.29 is 0 Å². The van der Waals surface area contributed by atoms with Crippen LogP contribution in [0.25, 0.3) is 82.2 Å². The summed E-state index contributed by atoms with van der Waals surface area (Å²) in [7, 11) is 0. The minimum absolute atomic E-state index is 1.01. The molecule has 0 aliphatic heterocycles. The Hall–Kier alpha value is -5.73. The lowest BCUT2D eigenvalue weighted by Crippen LogP contribution is -1.94. The topological polar surface area (TPSA) is 17.8 Å². The van der Waals surface area contributed by atoms with Crippen LogP contribution in [0.3, 0.4) is 0 Å². The van der Waals surface area contributed by atoms with Crippen molar-refractivity contribution in [2.75, 3.05) is 0 Å². The zero-order chi connectivity index (χ0) is 28.3. The molecule has 0 unspecified atom stereocenters. The first-order chi connectivity index (χ1) is 21.3. The highest BCUT2D eigenvalue weighted by molar-refractivity contribution is 6.21. The second-order valence-electron chi connectivity index (χ2n) is 11.2. The first-order valence-corrected chi connectivity index (χ1v) is 14.7. The summed E-state index contributed by atoms with van der Waals surface area (Å²) in [5, 5.41) is 8.66. The second-order valence-corrected chi connectivity index (χ2v) is 11.2. The van der Waals surface area contributed by atoms with Crippen LogP contribution in [-0.2, 0) is 0 Å². The fourth-order valence-corrected chi connectivity index (χ4v) is 6.94. The van der Waals surface area contributed by atoms with Crippen LogP contribution >= 0.6 is 0 Å². The molecule has 0 saturated heterocycles. The quantitative estimate of drug-likeness (QED) is 0.202. The van der Waals surface area contributed by atoms with Crippen LogP contribution in [0.1, 0.15) is 0 Å². The van der Waals surface area contributed by atoms with Gasteiger partial charge in [-0.3, -0.25) is 4.98 Å². The summed E-state index contributed by atoms with van der Waals surface area (Å²) < 4.78 is 2.38. The maximum absolute atomic E-state index is 4.83. The van der Waals surface area contributed by atoms with Gasteiger partial charge in [-0.2, -0.15) is 0 Å². The van der Waals surface area contributed by atoms with Gasteiger partial charge in [0.05, 0.1) is 16.6 Å². The molecule has 2 heteroatoms. The average Bonchev–Trinajstić information content (AvgIpc) is 3.41. The highest BCUT2D eigenvalue weighted by atomic mass is 15.0. The van der Waals surface area contributed by atoms with Gasteiger partial charge in [-0.1, -0.05) is 115 Å². The van der Waals surface area contributed by atoms with Crippen molar-refractivity contribution in [3.63, 3.8) is 0 Å². The van der Waals surface area contributed by atoms with E-state index in [2.05, 4.69) is 150 Å². The third-order valence-corrected chi connectivity index (χ3v) is 8.80. The van der Waals surface area contributed by atoms with Crippen molar-refractivity contribution in [1.29, 1.82) is 0 Å². The number of benzene rings is 7. The van der Waals surface area contributed by atoms with Crippen molar-refractivity contribution in [2.45, 2.75) is 0 Å². The zero-order valence-electron chi connectivity index (χ0n) is 23.4. The van der Waals surface area contributed by atoms with Crippen LogP contribution in [0, 0.1) is 0 Å². The van der Waals surface area contributed by atoms with Gasteiger partial charge in [-0.05, 0) is 74.6 Å². The van der Waals surface area contributed by atoms with Crippen molar-refractivity contribution >= 4 is 54.3 Å². The first kappa shape index (κ1) is 23.9. The van der Waals surface area contributed by atoms with Crippen LogP contribution in [0.15, 0.2) is 158 Å². The number of aromatic nitrogens is 2. The lowest BCUT2D eigenvalue weighted by molar-refractivity contribution is 1.18. The van der Waals surface area contributed by atoms with Gasteiger partial charge in [0.25, 0.3) is 0 Å². The Balaban J connectivity index is 1.28. The lowest BCUT2D eigenvalue weighted by atomic mass is 9.86. The van der Waals surface area contributed by atoms with Gasteiger partial charge < -0.3 is 4.57 Å². The molecule has 43 heavy (non-hydrogen) atoms. The van der Waals surface area contributed by atoms with Gasteiger partial charge in [-0.15, -0.1) is 0 Å². The van der Waals surface area contributed by atoms with E-state index < -0.39 is 0 Å². The molecule has 2 heterocycles. The second kappa shape index (κ2) is 9.40. The van der Waals surface area contributed by atoms with Crippen LogP contribution in [0.2, 0.25) is 0 Å². The van der Waals surface area contributed by atoms with E-state index in [1.807, 2.05) is 12.3 Å². The minimum atomic E-state index is 1.01. The Labute approximate surface area is 249 Å². The molecule has 2 aromatic heterocycles. The fourth-order valence-electron chi connectivity index (χ4n) is 6.94. The normalized spacial score (nSPS) is 11.7. The fraction of sp³-hybridized carbons (Fsp3) is 0. The molecule has 0 N–H and O–H groups in total. The molecule has 0 fully saturated rings. The Morgan fingerprint density at radius 1 is 0.395 bits per heavy atom. The number of nitrogens with zero attached hydrogens (tertiary/aromatic N) is 2. The Morgan fingerprint density at radius 2 is 0.860 bits per heavy atom. The van der Waals surface area contributed by atoms with E-state index in [-0.39, 0.29) is 0 Å². The monoisotopic (exact) mass is 546 g/mol. The summed E-state index contributed by atoms with van der Waals surface area (Å²) in [4.78, 5) is 4.83. The van der Waals surface area contributed by atoms with E-state index >= 15 is 0 Å². The number of hydrogen-bond acceptors (Lipinski definition) is 1. The van der Waals surface area contributed by atoms with E-state index in [4.69, 9.17) is 4.98 Å². The van der Waals surface area contributed by atoms with Crippen LogP contribution in [0.4, 0.5) is 0 Å². The molecule has 0 aliphatic rings. The molecule has 0 amide bonds. The summed E-state index contributed by atoms with van der Waals surface area (Å²) in [5.74, 6) is 0. The number of hydrogen-bond donors (Lipinski definition) is 0. The smallest absolute Gasteiger partial charge is 0.0702 e. The largest absolute Gasteiger partial charge is 0.309 e. The third kappa shape index (κ3) is 3.63. The SMILES string of the molecule is c1ccc2ncc(-c3c4ccccc4c(-c4ccc(-n5c6ccccc6c6ccccc65)cc4)c4ccccc34)cc2c1.